The minimum atomic E-state index is 0.0141. The predicted octanol–water partition coefficient (Wildman–Crippen LogP) is 12.4. The molecule has 58 heavy (non-hydrogen) atoms. The summed E-state index contributed by atoms with van der Waals surface area (Å²) in [5.41, 5.74) is 13.7. The van der Waals surface area contributed by atoms with E-state index in [0.717, 1.165) is 61.5 Å². The van der Waals surface area contributed by atoms with Crippen LogP contribution in [0.1, 0.15) is 69.4 Å². The predicted molar refractivity (Wildman–Crippen MR) is 236 cm³/mol. The molecule has 0 saturated carbocycles. The van der Waals surface area contributed by atoms with Crippen molar-refractivity contribution in [3.8, 4) is 23.3 Å². The summed E-state index contributed by atoms with van der Waals surface area (Å²) in [6.07, 6.45) is 4.79. The highest BCUT2D eigenvalue weighted by atomic mass is 16.3. The Kier molecular flexibility index (Phi) is 7.97. The van der Waals surface area contributed by atoms with Gasteiger partial charge in [0.1, 0.15) is 28.8 Å². The lowest BCUT2D eigenvalue weighted by atomic mass is 9.80. The molecule has 0 radical (unpaired) electrons. The topological polar surface area (TPSA) is 63.6 Å². The number of hydrogen-bond acceptors (Lipinski definition) is 3. The fraction of sp³-hybridized carbons (Fsp3) is 0.173. The molecule has 4 aromatic heterocycles. The third-order valence-corrected chi connectivity index (χ3v) is 11.6. The molecule has 0 aliphatic rings. The van der Waals surface area contributed by atoms with Gasteiger partial charge in [0.15, 0.2) is 16.6 Å². The molecule has 4 heterocycles. The molecule has 0 unspecified atom stereocenters. The van der Waals surface area contributed by atoms with Gasteiger partial charge in [-0.25, -0.2) is 4.98 Å². The summed E-state index contributed by atoms with van der Waals surface area (Å²) in [6, 6.07) is 49.9. The van der Waals surface area contributed by atoms with Gasteiger partial charge in [0.2, 0.25) is 0 Å². The van der Waals surface area contributed by atoms with E-state index in [-0.39, 0.29) is 10.8 Å². The van der Waals surface area contributed by atoms with Gasteiger partial charge in [-0.15, -0.1) is 0 Å². The van der Waals surface area contributed by atoms with E-state index < -0.39 is 0 Å². The fourth-order valence-electron chi connectivity index (χ4n) is 8.53. The first-order chi connectivity index (χ1) is 28.0. The molecular weight excluding hydrogens is 711 g/mol. The summed E-state index contributed by atoms with van der Waals surface area (Å²) < 4.78 is 13.2. The van der Waals surface area contributed by atoms with Crippen LogP contribution in [0.25, 0.3) is 72.0 Å². The zero-order valence-corrected chi connectivity index (χ0v) is 33.7. The van der Waals surface area contributed by atoms with Crippen molar-refractivity contribution in [2.24, 2.45) is 0 Å². The van der Waals surface area contributed by atoms with E-state index in [1.54, 1.807) is 12.3 Å². The summed E-state index contributed by atoms with van der Waals surface area (Å²) in [5, 5.41) is 14.0. The van der Waals surface area contributed by atoms with Crippen LogP contribution in [0.3, 0.4) is 0 Å². The molecule has 0 fully saturated rings. The van der Waals surface area contributed by atoms with Crippen molar-refractivity contribution in [3.05, 3.63) is 174 Å². The lowest BCUT2D eigenvalue weighted by Crippen LogP contribution is -2.29. The Morgan fingerprint density at radius 3 is 2.12 bits per heavy atom. The maximum Gasteiger partial charge on any atom is 0.255 e. The normalized spacial score (nSPS) is 12.4. The number of nitriles is 1. The van der Waals surface area contributed by atoms with E-state index in [2.05, 4.69) is 177 Å². The molecule has 6 nitrogen and oxygen atoms in total. The second kappa shape index (κ2) is 13.0. The van der Waals surface area contributed by atoms with Gasteiger partial charge in [0, 0.05) is 22.4 Å². The third-order valence-electron chi connectivity index (χ3n) is 11.6. The Balaban J connectivity index is 1.08. The fourth-order valence-corrected chi connectivity index (χ4v) is 8.53. The summed E-state index contributed by atoms with van der Waals surface area (Å²) in [6.45, 7) is 13.7. The summed E-state index contributed by atoms with van der Waals surface area (Å²) in [4.78, 5) is 4.98. The lowest BCUT2D eigenvalue weighted by molar-refractivity contribution is -0.567. The zero-order valence-electron chi connectivity index (χ0n) is 33.7. The molecule has 0 amide bonds. The van der Waals surface area contributed by atoms with Crippen LogP contribution in [0, 0.1) is 11.3 Å². The number of benzene rings is 6. The summed E-state index contributed by atoms with van der Waals surface area (Å²) in [7, 11) is 0. The van der Waals surface area contributed by atoms with Crippen molar-refractivity contribution >= 4 is 54.8 Å². The van der Waals surface area contributed by atoms with Gasteiger partial charge in [-0.1, -0.05) is 114 Å². The van der Waals surface area contributed by atoms with Gasteiger partial charge >= 0.3 is 0 Å². The smallest absolute Gasteiger partial charge is 0.255 e. The molecule has 0 aliphatic carbocycles. The first kappa shape index (κ1) is 35.4. The van der Waals surface area contributed by atoms with E-state index in [0.29, 0.717) is 16.7 Å². The van der Waals surface area contributed by atoms with E-state index in [1.807, 2.05) is 18.2 Å². The SMILES string of the molecule is CC(C)(C)c1cc(-n2c[n+](-c3cccc(Cc4ccc5c6ccccc6n(-c6nccc7oc8c(C#N)cccc8c67)c5c4)c3)c3ccccc32)cc(C(C)(C)C)c1. The number of furan rings is 1. The zero-order chi connectivity index (χ0) is 39.9. The standard InChI is InChI=1S/C52H44N5O/c1-51(2,3)36-28-37(52(4,5)6)30-39(29-36)56-32-55(44-19-9-10-20-45(44)56)38-15-11-13-33(26-38)25-34-21-22-41-40-16-7-8-18-43(40)57(46(41)27-34)50-48-42-17-12-14-35(31-53)49(42)58-47(48)23-24-54-50/h7-24,26-30,32H,25H2,1-6H3/q+1. The van der Waals surface area contributed by atoms with Crippen LogP contribution >= 0.6 is 0 Å². The van der Waals surface area contributed by atoms with Crippen LogP contribution in [-0.4, -0.2) is 14.1 Å². The molecule has 0 N–H and O–H groups in total. The maximum absolute atomic E-state index is 9.86. The van der Waals surface area contributed by atoms with Crippen LogP contribution < -0.4 is 4.57 Å². The van der Waals surface area contributed by atoms with Crippen molar-refractivity contribution in [3.63, 3.8) is 0 Å². The van der Waals surface area contributed by atoms with Crippen LogP contribution in [0.5, 0.6) is 0 Å². The molecular formula is C52H44N5O+. The molecule has 0 bridgehead atoms. The van der Waals surface area contributed by atoms with Crippen molar-refractivity contribution in [1.82, 2.24) is 14.1 Å². The maximum atomic E-state index is 9.86. The Bertz CT molecular complexity index is 3270. The average Bonchev–Trinajstić information content (AvgIpc) is 3.90. The van der Waals surface area contributed by atoms with Crippen LogP contribution in [-0.2, 0) is 17.3 Å². The Morgan fingerprint density at radius 1 is 0.655 bits per heavy atom. The Morgan fingerprint density at radius 2 is 1.34 bits per heavy atom. The minimum absolute atomic E-state index is 0.0141. The lowest BCUT2D eigenvalue weighted by Gasteiger charge is -2.25. The molecule has 6 heteroatoms. The van der Waals surface area contributed by atoms with Gasteiger partial charge in [-0.2, -0.15) is 14.4 Å². The van der Waals surface area contributed by atoms with Gasteiger partial charge in [-0.05, 0) is 100 Å². The van der Waals surface area contributed by atoms with Gasteiger partial charge < -0.3 is 4.42 Å². The Labute approximate surface area is 337 Å². The highest BCUT2D eigenvalue weighted by Gasteiger charge is 2.26. The van der Waals surface area contributed by atoms with Gasteiger partial charge in [0.05, 0.1) is 22.0 Å². The average molecular weight is 755 g/mol. The number of imidazole rings is 1. The summed E-state index contributed by atoms with van der Waals surface area (Å²) >= 11 is 0. The molecule has 10 aromatic rings. The minimum Gasteiger partial charge on any atom is -0.454 e. The van der Waals surface area contributed by atoms with Crippen molar-refractivity contribution in [1.29, 1.82) is 5.26 Å². The van der Waals surface area contributed by atoms with Crippen molar-refractivity contribution < 1.29 is 8.98 Å². The molecule has 0 aliphatic heterocycles. The number of nitrogens with zero attached hydrogens (tertiary/aromatic N) is 5. The van der Waals surface area contributed by atoms with Crippen molar-refractivity contribution in [2.45, 2.75) is 58.8 Å². The van der Waals surface area contributed by atoms with Crippen LogP contribution in [0.4, 0.5) is 0 Å². The van der Waals surface area contributed by atoms with E-state index in [9.17, 15) is 5.26 Å². The monoisotopic (exact) mass is 754 g/mol. The number of aromatic nitrogens is 4. The quantitative estimate of drug-likeness (QED) is 0.164. The molecule has 6 aromatic carbocycles. The van der Waals surface area contributed by atoms with E-state index >= 15 is 0 Å². The number of para-hydroxylation sites is 4. The first-order valence-electron chi connectivity index (χ1n) is 20.0. The molecule has 0 saturated heterocycles. The summed E-state index contributed by atoms with van der Waals surface area (Å²) in [5.74, 6) is 0.784. The second-order valence-corrected chi connectivity index (χ2v) is 17.6. The largest absolute Gasteiger partial charge is 0.454 e. The number of hydrogen-bond donors (Lipinski definition) is 0. The van der Waals surface area contributed by atoms with Gasteiger partial charge in [0.25, 0.3) is 6.33 Å². The number of pyridine rings is 1. The highest BCUT2D eigenvalue weighted by molar-refractivity contribution is 6.14. The third kappa shape index (κ3) is 5.77. The molecule has 0 atom stereocenters. The molecule has 282 valence electrons. The molecule has 0 spiro atoms. The first-order valence-corrected chi connectivity index (χ1v) is 20.0. The molecule has 10 rings (SSSR count). The van der Waals surface area contributed by atoms with Crippen molar-refractivity contribution in [2.75, 3.05) is 0 Å². The van der Waals surface area contributed by atoms with Crippen LogP contribution in [0.2, 0.25) is 0 Å². The van der Waals surface area contributed by atoms with E-state index in [1.165, 1.54) is 27.9 Å². The van der Waals surface area contributed by atoms with Crippen LogP contribution in [0.15, 0.2) is 150 Å². The highest BCUT2D eigenvalue weighted by Crippen LogP contribution is 2.39. The van der Waals surface area contributed by atoms with E-state index in [4.69, 9.17) is 9.40 Å². The number of fused-ring (bicyclic) bond motifs is 7. The number of rotatable bonds is 5. The van der Waals surface area contributed by atoms with Gasteiger partial charge in [-0.3, -0.25) is 4.57 Å². The Hall–Kier alpha value is -6.97. The second-order valence-electron chi connectivity index (χ2n) is 17.6.